The van der Waals surface area contributed by atoms with Gasteiger partial charge in [0.1, 0.15) is 0 Å². The Morgan fingerprint density at radius 3 is 2.65 bits per heavy atom. The molecule has 1 aromatic carbocycles. The standard InChI is InChI=1S/C11H18N2O3S/c1-12-8-11(14)9-5-4-6-10(7-9)13(2)17(3,15)16/h4-7,11-12,14H,8H2,1-3H3. The highest BCUT2D eigenvalue weighted by molar-refractivity contribution is 7.92. The van der Waals surface area contributed by atoms with Gasteiger partial charge >= 0.3 is 0 Å². The normalized spacial score (nSPS) is 13.4. The fourth-order valence-corrected chi connectivity index (χ4v) is 1.93. The van der Waals surface area contributed by atoms with E-state index in [1.165, 1.54) is 11.4 Å². The van der Waals surface area contributed by atoms with Gasteiger partial charge < -0.3 is 10.4 Å². The third-order valence-corrected chi connectivity index (χ3v) is 3.72. The van der Waals surface area contributed by atoms with Crippen molar-refractivity contribution in [1.29, 1.82) is 0 Å². The van der Waals surface area contributed by atoms with Gasteiger partial charge in [-0.2, -0.15) is 0 Å². The number of aliphatic hydroxyl groups is 1. The van der Waals surface area contributed by atoms with E-state index in [0.29, 0.717) is 17.8 Å². The summed E-state index contributed by atoms with van der Waals surface area (Å²) in [6.45, 7) is 0.423. The van der Waals surface area contributed by atoms with Crippen molar-refractivity contribution < 1.29 is 13.5 Å². The van der Waals surface area contributed by atoms with E-state index in [0.717, 1.165) is 6.26 Å². The van der Waals surface area contributed by atoms with Crippen LogP contribution in [-0.2, 0) is 10.0 Å². The van der Waals surface area contributed by atoms with Crippen LogP contribution in [0, 0.1) is 0 Å². The number of hydrogen-bond donors (Lipinski definition) is 2. The lowest BCUT2D eigenvalue weighted by molar-refractivity contribution is 0.178. The SMILES string of the molecule is CNCC(O)c1cccc(N(C)S(C)(=O)=O)c1. The topological polar surface area (TPSA) is 69.6 Å². The minimum absolute atomic E-state index is 0.423. The van der Waals surface area contributed by atoms with E-state index < -0.39 is 16.1 Å². The Morgan fingerprint density at radius 1 is 1.47 bits per heavy atom. The Kier molecular flexibility index (Phi) is 4.50. The molecule has 1 unspecified atom stereocenters. The third-order valence-electron chi connectivity index (χ3n) is 2.51. The van der Waals surface area contributed by atoms with Crippen molar-refractivity contribution in [2.45, 2.75) is 6.10 Å². The summed E-state index contributed by atoms with van der Waals surface area (Å²) in [5.74, 6) is 0. The number of hydrogen-bond acceptors (Lipinski definition) is 4. The summed E-state index contributed by atoms with van der Waals surface area (Å²) in [6, 6.07) is 6.85. The van der Waals surface area contributed by atoms with Crippen LogP contribution in [0.1, 0.15) is 11.7 Å². The zero-order valence-corrected chi connectivity index (χ0v) is 11.0. The van der Waals surface area contributed by atoms with Crippen LogP contribution < -0.4 is 9.62 Å². The van der Waals surface area contributed by atoms with Crippen molar-refractivity contribution in [1.82, 2.24) is 5.32 Å². The van der Waals surface area contributed by atoms with Crippen molar-refractivity contribution in [3.05, 3.63) is 29.8 Å². The lowest BCUT2D eigenvalue weighted by atomic mass is 10.1. The zero-order valence-electron chi connectivity index (χ0n) is 10.2. The minimum atomic E-state index is -3.27. The highest BCUT2D eigenvalue weighted by atomic mass is 32.2. The third kappa shape index (κ3) is 3.69. The fourth-order valence-electron chi connectivity index (χ4n) is 1.43. The first-order valence-corrected chi connectivity index (χ1v) is 7.07. The van der Waals surface area contributed by atoms with Gasteiger partial charge in [-0.05, 0) is 24.7 Å². The molecule has 0 aliphatic heterocycles. The molecular weight excluding hydrogens is 240 g/mol. The fraction of sp³-hybridized carbons (Fsp3) is 0.455. The summed E-state index contributed by atoms with van der Waals surface area (Å²) in [5, 5.41) is 12.7. The number of aliphatic hydroxyl groups excluding tert-OH is 1. The molecule has 17 heavy (non-hydrogen) atoms. The molecule has 0 radical (unpaired) electrons. The monoisotopic (exact) mass is 258 g/mol. The molecule has 0 saturated heterocycles. The molecule has 0 bridgehead atoms. The van der Waals surface area contributed by atoms with Crippen molar-refractivity contribution in [3.63, 3.8) is 0 Å². The Balaban J connectivity index is 3.01. The summed E-state index contributed by atoms with van der Waals surface area (Å²) in [4.78, 5) is 0. The quantitative estimate of drug-likeness (QED) is 0.799. The molecule has 96 valence electrons. The second kappa shape index (κ2) is 5.48. The molecule has 1 aromatic rings. The first kappa shape index (κ1) is 14.0. The second-order valence-corrected chi connectivity index (χ2v) is 5.91. The van der Waals surface area contributed by atoms with Crippen molar-refractivity contribution in [2.75, 3.05) is 31.2 Å². The number of rotatable bonds is 5. The predicted molar refractivity (Wildman–Crippen MR) is 68.6 cm³/mol. The zero-order chi connectivity index (χ0) is 13.1. The van der Waals surface area contributed by atoms with E-state index >= 15 is 0 Å². The number of sulfonamides is 1. The van der Waals surface area contributed by atoms with E-state index in [4.69, 9.17) is 0 Å². The largest absolute Gasteiger partial charge is 0.387 e. The lowest BCUT2D eigenvalue weighted by Gasteiger charge is -2.18. The highest BCUT2D eigenvalue weighted by Crippen LogP contribution is 2.21. The second-order valence-electron chi connectivity index (χ2n) is 3.90. The molecular formula is C11H18N2O3S. The van der Waals surface area contributed by atoms with Gasteiger partial charge in [0.15, 0.2) is 0 Å². The number of benzene rings is 1. The van der Waals surface area contributed by atoms with Crippen molar-refractivity contribution >= 4 is 15.7 Å². The van der Waals surface area contributed by atoms with E-state index in [1.807, 2.05) is 0 Å². The summed E-state index contributed by atoms with van der Waals surface area (Å²) < 4.78 is 24.0. The Labute approximate surface area is 102 Å². The van der Waals surface area contributed by atoms with Gasteiger partial charge in [-0.3, -0.25) is 4.31 Å². The molecule has 0 aromatic heterocycles. The number of likely N-dealkylation sites (N-methyl/N-ethyl adjacent to an activating group) is 1. The molecule has 1 rings (SSSR count). The molecule has 0 aliphatic carbocycles. The Morgan fingerprint density at radius 2 is 2.12 bits per heavy atom. The average Bonchev–Trinajstić information content (AvgIpc) is 2.27. The van der Waals surface area contributed by atoms with E-state index in [2.05, 4.69) is 5.32 Å². The van der Waals surface area contributed by atoms with Gasteiger partial charge in [-0.25, -0.2) is 8.42 Å². The van der Waals surface area contributed by atoms with Crippen LogP contribution >= 0.6 is 0 Å². The van der Waals surface area contributed by atoms with E-state index in [9.17, 15) is 13.5 Å². The summed E-state index contributed by atoms with van der Waals surface area (Å²) in [6.07, 6.45) is 0.497. The molecule has 1 atom stereocenters. The molecule has 0 heterocycles. The summed E-state index contributed by atoms with van der Waals surface area (Å²) >= 11 is 0. The van der Waals surface area contributed by atoms with Crippen molar-refractivity contribution in [2.24, 2.45) is 0 Å². The molecule has 6 heteroatoms. The van der Waals surface area contributed by atoms with Gasteiger partial charge in [0, 0.05) is 13.6 Å². The van der Waals surface area contributed by atoms with Crippen LogP contribution in [0.4, 0.5) is 5.69 Å². The van der Waals surface area contributed by atoms with Gasteiger partial charge in [0.2, 0.25) is 10.0 Å². The molecule has 0 saturated carbocycles. The summed E-state index contributed by atoms with van der Waals surface area (Å²) in [5.41, 5.74) is 1.23. The number of nitrogens with zero attached hydrogens (tertiary/aromatic N) is 1. The number of nitrogens with one attached hydrogen (secondary N) is 1. The molecule has 0 aliphatic rings. The van der Waals surface area contributed by atoms with Gasteiger partial charge in [-0.1, -0.05) is 12.1 Å². The average molecular weight is 258 g/mol. The maximum Gasteiger partial charge on any atom is 0.231 e. The van der Waals surface area contributed by atoms with Crippen LogP contribution in [0.5, 0.6) is 0 Å². The van der Waals surface area contributed by atoms with Crippen LogP contribution in [-0.4, -0.2) is 40.4 Å². The number of anilines is 1. The summed E-state index contributed by atoms with van der Waals surface area (Å²) in [7, 11) is -0.0438. The predicted octanol–water partition coefficient (Wildman–Crippen LogP) is 0.335. The maximum absolute atomic E-state index is 11.4. The first-order valence-electron chi connectivity index (χ1n) is 5.23. The first-order chi connectivity index (χ1) is 7.86. The van der Waals surface area contributed by atoms with Crippen LogP contribution in [0.15, 0.2) is 24.3 Å². The molecule has 5 nitrogen and oxygen atoms in total. The molecule has 0 amide bonds. The minimum Gasteiger partial charge on any atom is -0.387 e. The Hall–Kier alpha value is -1.11. The maximum atomic E-state index is 11.4. The van der Waals surface area contributed by atoms with Crippen LogP contribution in [0.2, 0.25) is 0 Å². The lowest BCUT2D eigenvalue weighted by Crippen LogP contribution is -2.25. The smallest absolute Gasteiger partial charge is 0.231 e. The molecule has 2 N–H and O–H groups in total. The van der Waals surface area contributed by atoms with Gasteiger partial charge in [0.05, 0.1) is 18.0 Å². The van der Waals surface area contributed by atoms with Crippen LogP contribution in [0.25, 0.3) is 0 Å². The Bertz CT molecular complexity index is 473. The van der Waals surface area contributed by atoms with Gasteiger partial charge in [-0.15, -0.1) is 0 Å². The van der Waals surface area contributed by atoms with E-state index in [-0.39, 0.29) is 0 Å². The van der Waals surface area contributed by atoms with Gasteiger partial charge in [0.25, 0.3) is 0 Å². The van der Waals surface area contributed by atoms with E-state index in [1.54, 1.807) is 31.3 Å². The molecule has 0 fully saturated rings. The van der Waals surface area contributed by atoms with Crippen molar-refractivity contribution in [3.8, 4) is 0 Å². The highest BCUT2D eigenvalue weighted by Gasteiger charge is 2.13. The molecule has 0 spiro atoms. The van der Waals surface area contributed by atoms with Crippen LogP contribution in [0.3, 0.4) is 0 Å².